The fourth-order valence-electron chi connectivity index (χ4n) is 5.66. The van der Waals surface area contributed by atoms with Crippen LogP contribution in [0.15, 0.2) is 47.5 Å². The molecule has 2 amide bonds. The van der Waals surface area contributed by atoms with Gasteiger partial charge in [0.05, 0.1) is 17.3 Å². The van der Waals surface area contributed by atoms with Crippen molar-refractivity contribution >= 4 is 29.2 Å². The zero-order valence-corrected chi connectivity index (χ0v) is 26.1. The highest BCUT2D eigenvalue weighted by Crippen LogP contribution is 2.34. The first kappa shape index (κ1) is 31.7. The zero-order chi connectivity index (χ0) is 31.1. The van der Waals surface area contributed by atoms with E-state index >= 15 is 0 Å². The van der Waals surface area contributed by atoms with Crippen molar-refractivity contribution in [3.8, 4) is 5.75 Å². The molecule has 0 unspecified atom stereocenters. The third-order valence-corrected chi connectivity index (χ3v) is 8.42. The molecule has 3 N–H and O–H groups in total. The molecule has 2 aliphatic heterocycles. The molecule has 44 heavy (non-hydrogen) atoms. The number of halogens is 1. The lowest BCUT2D eigenvalue weighted by atomic mass is 9.99. The van der Waals surface area contributed by atoms with Crippen molar-refractivity contribution in [3.63, 3.8) is 0 Å². The number of pyridine rings is 1. The summed E-state index contributed by atoms with van der Waals surface area (Å²) in [5, 5.41) is 17.6. The molecule has 1 atom stereocenters. The molecule has 3 aromatic rings. The molecule has 4 heterocycles. The van der Waals surface area contributed by atoms with Crippen molar-refractivity contribution in [2.45, 2.75) is 64.8 Å². The Hall–Kier alpha value is -3.67. The van der Waals surface area contributed by atoms with Crippen molar-refractivity contribution in [1.29, 1.82) is 0 Å². The maximum Gasteiger partial charge on any atom is 0.251 e. The van der Waals surface area contributed by atoms with Gasteiger partial charge in [-0.25, -0.2) is 9.97 Å². The van der Waals surface area contributed by atoms with E-state index in [1.807, 2.05) is 17.0 Å². The standard InChI is InChI=1S/C32H41ClN6O5/c1-21(2)13-30(41)39-11-6-24(7-12-39)37-29-14-22(5-9-35-29)32(42)36-15-25(40)18-38-10-8-27-23(17-38)3-4-28(31(27)33)43-19-26-16-34-20-44-26/h3-5,9,14,16,20-21,24-25,40H,6-8,10-13,15,17-19H2,1-2H3,(H,35,37)(H,36,42)/t25-/m0/s1. The number of oxazole rings is 1. The molecule has 5 rings (SSSR count). The van der Waals surface area contributed by atoms with Gasteiger partial charge < -0.3 is 29.8 Å². The van der Waals surface area contributed by atoms with E-state index < -0.39 is 6.10 Å². The van der Waals surface area contributed by atoms with E-state index in [4.69, 9.17) is 20.8 Å². The highest BCUT2D eigenvalue weighted by molar-refractivity contribution is 6.33. The lowest BCUT2D eigenvalue weighted by Crippen LogP contribution is -2.43. The van der Waals surface area contributed by atoms with E-state index in [0.717, 1.165) is 50.0 Å². The van der Waals surface area contributed by atoms with E-state index in [0.29, 0.717) is 53.3 Å². The molecule has 0 radical (unpaired) electrons. The average molecular weight is 625 g/mol. The Morgan fingerprint density at radius 1 is 1.20 bits per heavy atom. The molecule has 2 aromatic heterocycles. The number of likely N-dealkylation sites (tertiary alicyclic amines) is 1. The van der Waals surface area contributed by atoms with Crippen molar-refractivity contribution in [2.75, 3.05) is 38.0 Å². The summed E-state index contributed by atoms with van der Waals surface area (Å²) >= 11 is 6.65. The molecule has 1 fully saturated rings. The Morgan fingerprint density at radius 3 is 2.77 bits per heavy atom. The number of carbonyl (C=O) groups is 2. The minimum atomic E-state index is -0.733. The summed E-state index contributed by atoms with van der Waals surface area (Å²) in [6.07, 6.45) is 6.82. The smallest absolute Gasteiger partial charge is 0.251 e. The summed E-state index contributed by atoms with van der Waals surface area (Å²) in [5.41, 5.74) is 2.62. The number of aliphatic hydroxyl groups excluding tert-OH is 1. The fourth-order valence-corrected chi connectivity index (χ4v) is 6.00. The van der Waals surface area contributed by atoms with Crippen LogP contribution in [0.1, 0.15) is 60.4 Å². The van der Waals surface area contributed by atoms with Crippen LogP contribution in [0.3, 0.4) is 0 Å². The number of benzene rings is 1. The van der Waals surface area contributed by atoms with Crippen molar-refractivity contribution in [2.24, 2.45) is 5.92 Å². The van der Waals surface area contributed by atoms with Crippen LogP contribution in [0.5, 0.6) is 5.75 Å². The quantitative estimate of drug-likeness (QED) is 0.274. The second kappa shape index (κ2) is 14.9. The van der Waals surface area contributed by atoms with Gasteiger partial charge in [-0.3, -0.25) is 14.5 Å². The Kier molecular flexibility index (Phi) is 10.7. The monoisotopic (exact) mass is 624 g/mol. The van der Waals surface area contributed by atoms with Gasteiger partial charge in [-0.05, 0) is 54.5 Å². The Balaban J connectivity index is 1.05. The van der Waals surface area contributed by atoms with Gasteiger partial charge in [0.15, 0.2) is 12.2 Å². The van der Waals surface area contributed by atoms with E-state index in [1.165, 1.54) is 6.39 Å². The Labute approximate surface area is 262 Å². The first-order chi connectivity index (χ1) is 21.2. The molecular weight excluding hydrogens is 584 g/mol. The van der Waals surface area contributed by atoms with E-state index in [-0.39, 0.29) is 31.0 Å². The lowest BCUT2D eigenvalue weighted by molar-refractivity contribution is -0.132. The van der Waals surface area contributed by atoms with Crippen molar-refractivity contribution in [3.05, 3.63) is 70.5 Å². The number of hydrogen-bond donors (Lipinski definition) is 3. The minimum absolute atomic E-state index is 0.130. The number of aromatic nitrogens is 2. The van der Waals surface area contributed by atoms with Gasteiger partial charge in [-0.2, -0.15) is 0 Å². The van der Waals surface area contributed by atoms with Gasteiger partial charge in [0, 0.05) is 63.5 Å². The summed E-state index contributed by atoms with van der Waals surface area (Å²) in [6.45, 7) is 7.73. The third kappa shape index (κ3) is 8.49. The van der Waals surface area contributed by atoms with E-state index in [1.54, 1.807) is 24.5 Å². The second-order valence-electron chi connectivity index (χ2n) is 11.9. The number of hydrogen-bond acceptors (Lipinski definition) is 9. The molecule has 2 aliphatic rings. The largest absolute Gasteiger partial charge is 0.484 e. The number of fused-ring (bicyclic) bond motifs is 1. The van der Waals surface area contributed by atoms with Crippen LogP contribution in [0.4, 0.5) is 5.82 Å². The number of carbonyl (C=O) groups excluding carboxylic acids is 2. The molecule has 0 saturated carbocycles. The second-order valence-corrected chi connectivity index (χ2v) is 12.3. The fraction of sp³-hybridized carbons (Fsp3) is 0.500. The zero-order valence-electron chi connectivity index (χ0n) is 25.3. The summed E-state index contributed by atoms with van der Waals surface area (Å²) in [7, 11) is 0. The predicted octanol–water partition coefficient (Wildman–Crippen LogP) is 3.90. The first-order valence-corrected chi connectivity index (χ1v) is 15.6. The number of ether oxygens (including phenoxy) is 1. The van der Waals surface area contributed by atoms with Crippen molar-refractivity contribution < 1.29 is 23.8 Å². The Bertz CT molecular complexity index is 1410. The maximum atomic E-state index is 12.9. The molecule has 236 valence electrons. The molecule has 1 aromatic carbocycles. The van der Waals surface area contributed by atoms with Crippen LogP contribution in [0, 0.1) is 5.92 Å². The SMILES string of the molecule is CC(C)CC(=O)N1CCC(Nc2cc(C(=O)NC[C@H](O)CN3CCc4c(ccc(OCc5cnco5)c4Cl)C3)ccn2)CC1. The number of piperidine rings is 1. The van der Waals surface area contributed by atoms with E-state index in [9.17, 15) is 14.7 Å². The molecular formula is C32H41ClN6O5. The normalized spacial score (nSPS) is 16.4. The molecule has 1 saturated heterocycles. The first-order valence-electron chi connectivity index (χ1n) is 15.2. The summed E-state index contributed by atoms with van der Waals surface area (Å²) in [5.74, 6) is 2.15. The van der Waals surface area contributed by atoms with Crippen LogP contribution in [0.2, 0.25) is 5.02 Å². The van der Waals surface area contributed by atoms with Crippen LogP contribution in [-0.4, -0.2) is 81.6 Å². The number of anilines is 1. The van der Waals surface area contributed by atoms with Gasteiger partial charge in [-0.15, -0.1) is 0 Å². The van der Waals surface area contributed by atoms with Crippen molar-refractivity contribution in [1.82, 2.24) is 25.1 Å². The number of amides is 2. The molecule has 11 nitrogen and oxygen atoms in total. The Morgan fingerprint density at radius 2 is 2.02 bits per heavy atom. The maximum absolute atomic E-state index is 12.9. The van der Waals surface area contributed by atoms with Crippen LogP contribution in [0.25, 0.3) is 0 Å². The van der Waals surface area contributed by atoms with Gasteiger partial charge in [-0.1, -0.05) is 31.5 Å². The van der Waals surface area contributed by atoms with Gasteiger partial charge in [0.1, 0.15) is 18.2 Å². The molecule has 12 heteroatoms. The number of nitrogens with one attached hydrogen (secondary N) is 2. The average Bonchev–Trinajstić information content (AvgIpc) is 3.53. The highest BCUT2D eigenvalue weighted by atomic mass is 35.5. The number of β-amino-alcohol motifs (C(OH)–C–C–N with tert-alkyl or cyclic N) is 1. The number of nitrogens with zero attached hydrogens (tertiary/aromatic N) is 4. The molecule has 0 aliphatic carbocycles. The lowest BCUT2D eigenvalue weighted by Gasteiger charge is -2.33. The molecule has 0 spiro atoms. The number of rotatable bonds is 12. The van der Waals surface area contributed by atoms with Gasteiger partial charge >= 0.3 is 0 Å². The van der Waals surface area contributed by atoms with E-state index in [2.05, 4.69) is 39.3 Å². The summed E-state index contributed by atoms with van der Waals surface area (Å²) < 4.78 is 11.0. The number of aliphatic hydroxyl groups is 1. The van der Waals surface area contributed by atoms with Gasteiger partial charge in [0.2, 0.25) is 5.91 Å². The third-order valence-electron chi connectivity index (χ3n) is 8.00. The van der Waals surface area contributed by atoms with Crippen LogP contribution in [-0.2, 0) is 24.4 Å². The predicted molar refractivity (Wildman–Crippen MR) is 167 cm³/mol. The van der Waals surface area contributed by atoms with Gasteiger partial charge in [0.25, 0.3) is 5.91 Å². The molecule has 0 bridgehead atoms. The van der Waals surface area contributed by atoms with Crippen LogP contribution < -0.4 is 15.4 Å². The van der Waals surface area contributed by atoms with Crippen LogP contribution >= 0.6 is 11.6 Å². The minimum Gasteiger partial charge on any atom is -0.484 e. The topological polar surface area (TPSA) is 133 Å². The summed E-state index contributed by atoms with van der Waals surface area (Å²) in [6, 6.07) is 7.44. The highest BCUT2D eigenvalue weighted by Gasteiger charge is 2.25. The summed E-state index contributed by atoms with van der Waals surface area (Å²) in [4.78, 5) is 37.6.